The van der Waals surface area contributed by atoms with Gasteiger partial charge >= 0.3 is 0 Å². The third-order valence-electron chi connectivity index (χ3n) is 3.78. The molecule has 1 amide bonds. The van der Waals surface area contributed by atoms with Gasteiger partial charge in [0.05, 0.1) is 26.5 Å². The molecule has 0 heterocycles. The van der Waals surface area contributed by atoms with Crippen LogP contribution in [0.5, 0.6) is 11.5 Å². The van der Waals surface area contributed by atoms with Crippen molar-refractivity contribution in [2.75, 3.05) is 19.5 Å². The molecule has 2 aromatic carbocycles. The van der Waals surface area contributed by atoms with Crippen LogP contribution in [-0.2, 0) is 6.54 Å². The fourth-order valence-electron chi connectivity index (χ4n) is 2.49. The van der Waals surface area contributed by atoms with Crippen LogP contribution in [0.4, 0.5) is 5.69 Å². The Labute approximate surface area is 189 Å². The van der Waals surface area contributed by atoms with Gasteiger partial charge < -0.3 is 25.8 Å². The minimum atomic E-state index is -0.296. The molecule has 0 atom stereocenters. The van der Waals surface area contributed by atoms with E-state index in [1.54, 1.807) is 38.5 Å². The van der Waals surface area contributed by atoms with Crippen LogP contribution in [0.15, 0.2) is 47.5 Å². The van der Waals surface area contributed by atoms with Crippen LogP contribution in [0.1, 0.15) is 36.7 Å². The molecule has 158 valence electrons. The van der Waals surface area contributed by atoms with Gasteiger partial charge in [-0.1, -0.05) is 12.1 Å². The van der Waals surface area contributed by atoms with Crippen molar-refractivity contribution in [3.8, 4) is 11.5 Å². The molecule has 0 saturated carbocycles. The Morgan fingerprint density at radius 3 is 2.45 bits per heavy atom. The first-order valence-electron chi connectivity index (χ1n) is 8.92. The predicted molar refractivity (Wildman–Crippen MR) is 128 cm³/mol. The van der Waals surface area contributed by atoms with Crippen LogP contribution in [0, 0.1) is 0 Å². The van der Waals surface area contributed by atoms with E-state index in [4.69, 9.17) is 15.2 Å². The number of nitrogens with one attached hydrogen (secondary N) is 2. The Morgan fingerprint density at radius 1 is 1.10 bits per heavy atom. The van der Waals surface area contributed by atoms with E-state index < -0.39 is 0 Å². The second-order valence-electron chi connectivity index (χ2n) is 7.30. The lowest BCUT2D eigenvalue weighted by Crippen LogP contribution is -2.40. The van der Waals surface area contributed by atoms with E-state index in [9.17, 15) is 4.79 Å². The molecule has 0 unspecified atom stereocenters. The number of hydrogen-bond acceptors (Lipinski definition) is 4. The first-order chi connectivity index (χ1) is 13.2. The zero-order valence-corrected chi connectivity index (χ0v) is 19.7. The third kappa shape index (κ3) is 7.80. The zero-order valence-electron chi connectivity index (χ0n) is 17.4. The highest BCUT2D eigenvalue weighted by Gasteiger charge is 2.15. The summed E-state index contributed by atoms with van der Waals surface area (Å²) >= 11 is 0. The monoisotopic (exact) mass is 512 g/mol. The van der Waals surface area contributed by atoms with Gasteiger partial charge in [-0.15, -0.1) is 24.0 Å². The summed E-state index contributed by atoms with van der Waals surface area (Å²) in [6, 6.07) is 12.7. The molecule has 0 aliphatic rings. The number of benzene rings is 2. The summed E-state index contributed by atoms with van der Waals surface area (Å²) in [4.78, 5) is 16.7. The van der Waals surface area contributed by atoms with Crippen molar-refractivity contribution in [1.82, 2.24) is 5.32 Å². The largest absolute Gasteiger partial charge is 0.497 e. The lowest BCUT2D eigenvalue weighted by molar-refractivity contribution is 0.0919. The first-order valence-corrected chi connectivity index (χ1v) is 8.92. The van der Waals surface area contributed by atoms with Gasteiger partial charge in [0, 0.05) is 17.2 Å². The van der Waals surface area contributed by atoms with E-state index >= 15 is 0 Å². The van der Waals surface area contributed by atoms with E-state index in [1.807, 2.05) is 39.0 Å². The Kier molecular flexibility index (Phi) is 9.22. The number of anilines is 1. The van der Waals surface area contributed by atoms with Crippen LogP contribution >= 0.6 is 24.0 Å². The molecule has 0 bridgehead atoms. The van der Waals surface area contributed by atoms with E-state index in [2.05, 4.69) is 15.6 Å². The van der Waals surface area contributed by atoms with Crippen LogP contribution in [-0.4, -0.2) is 31.6 Å². The van der Waals surface area contributed by atoms with Crippen LogP contribution in [0.2, 0.25) is 0 Å². The molecular formula is C21H29IN4O3. The molecule has 4 N–H and O–H groups in total. The Hall–Kier alpha value is -2.49. The highest BCUT2D eigenvalue weighted by Crippen LogP contribution is 2.28. The van der Waals surface area contributed by atoms with Gasteiger partial charge in [0.15, 0.2) is 5.96 Å². The normalized spacial score (nSPS) is 11.3. The minimum absolute atomic E-state index is 0. The molecule has 0 spiro atoms. The number of amides is 1. The van der Waals surface area contributed by atoms with Crippen molar-refractivity contribution < 1.29 is 14.3 Å². The summed E-state index contributed by atoms with van der Waals surface area (Å²) in [7, 11) is 3.17. The number of nitrogens with two attached hydrogens (primary N) is 1. The number of methoxy groups -OCH3 is 2. The highest BCUT2D eigenvalue weighted by atomic mass is 127. The van der Waals surface area contributed by atoms with Crippen molar-refractivity contribution in [3.05, 3.63) is 53.6 Å². The molecule has 2 aromatic rings. The fraction of sp³-hybridized carbons (Fsp3) is 0.333. The Balaban J connectivity index is 0.00000420. The van der Waals surface area contributed by atoms with Crippen molar-refractivity contribution in [1.29, 1.82) is 0 Å². The number of rotatable bonds is 6. The predicted octanol–water partition coefficient (Wildman–Crippen LogP) is 3.78. The summed E-state index contributed by atoms with van der Waals surface area (Å²) in [6.45, 7) is 6.16. The highest BCUT2D eigenvalue weighted by molar-refractivity contribution is 14.0. The van der Waals surface area contributed by atoms with Crippen LogP contribution in [0.25, 0.3) is 0 Å². The number of nitrogens with zero attached hydrogens (tertiary/aromatic N) is 1. The fourth-order valence-corrected chi connectivity index (χ4v) is 2.49. The number of carbonyl (C=O) groups excluding carboxylic acids is 1. The van der Waals surface area contributed by atoms with Gasteiger partial charge in [-0.05, 0) is 50.6 Å². The Bertz CT molecular complexity index is 863. The van der Waals surface area contributed by atoms with E-state index in [0.29, 0.717) is 29.3 Å². The van der Waals surface area contributed by atoms with Crippen molar-refractivity contribution in [2.45, 2.75) is 32.9 Å². The van der Waals surface area contributed by atoms with Crippen molar-refractivity contribution >= 4 is 41.5 Å². The van der Waals surface area contributed by atoms with Gasteiger partial charge in [0.1, 0.15) is 11.5 Å². The first kappa shape index (κ1) is 24.5. The number of carbonyl (C=O) groups is 1. The molecular weight excluding hydrogens is 483 g/mol. The topological polar surface area (TPSA) is 98.0 Å². The van der Waals surface area contributed by atoms with Crippen molar-refractivity contribution in [3.63, 3.8) is 0 Å². The third-order valence-corrected chi connectivity index (χ3v) is 3.78. The maximum Gasteiger partial charge on any atom is 0.251 e. The lowest BCUT2D eigenvalue weighted by atomic mass is 10.1. The van der Waals surface area contributed by atoms with Crippen molar-refractivity contribution in [2.24, 2.45) is 10.7 Å². The van der Waals surface area contributed by atoms with Crippen LogP contribution in [0.3, 0.4) is 0 Å². The van der Waals surface area contributed by atoms with E-state index in [0.717, 1.165) is 5.56 Å². The van der Waals surface area contributed by atoms with E-state index in [-0.39, 0.29) is 41.4 Å². The molecule has 8 heteroatoms. The van der Waals surface area contributed by atoms with E-state index in [1.165, 1.54) is 0 Å². The summed E-state index contributed by atoms with van der Waals surface area (Å²) in [5, 5.41) is 5.96. The summed E-state index contributed by atoms with van der Waals surface area (Å²) in [5.41, 5.74) is 7.84. The zero-order chi connectivity index (χ0) is 20.7. The average molecular weight is 512 g/mol. The molecule has 0 aliphatic carbocycles. The average Bonchev–Trinajstić information content (AvgIpc) is 2.65. The molecule has 0 fully saturated rings. The molecule has 29 heavy (non-hydrogen) atoms. The quantitative estimate of drug-likeness (QED) is 0.311. The number of guanidine groups is 1. The number of aliphatic imine (C=N–C) groups is 1. The van der Waals surface area contributed by atoms with Gasteiger partial charge in [-0.2, -0.15) is 0 Å². The smallest absolute Gasteiger partial charge is 0.251 e. The summed E-state index contributed by atoms with van der Waals surface area (Å²) in [5.74, 6) is 1.41. The number of ether oxygens (including phenoxy) is 2. The maximum atomic E-state index is 12.3. The second-order valence-corrected chi connectivity index (χ2v) is 7.30. The molecule has 7 nitrogen and oxygen atoms in total. The summed E-state index contributed by atoms with van der Waals surface area (Å²) < 4.78 is 10.5. The number of halogens is 1. The van der Waals surface area contributed by atoms with Gasteiger partial charge in [0.25, 0.3) is 5.91 Å². The SMILES string of the molecule is COc1ccc(OC)c(NC(N)=NCc2cccc(C(=O)NC(C)(C)C)c2)c1.I. The maximum absolute atomic E-state index is 12.3. The Morgan fingerprint density at radius 2 is 1.83 bits per heavy atom. The van der Waals surface area contributed by atoms with Gasteiger partial charge in [0.2, 0.25) is 0 Å². The summed E-state index contributed by atoms with van der Waals surface area (Å²) in [6.07, 6.45) is 0. The molecule has 2 rings (SSSR count). The van der Waals surface area contributed by atoms with Gasteiger partial charge in [-0.25, -0.2) is 4.99 Å². The molecule has 0 aromatic heterocycles. The standard InChI is InChI=1S/C21H28N4O3.HI/c1-21(2,3)25-19(26)15-8-6-7-14(11-15)13-23-20(22)24-17-12-16(27-4)9-10-18(17)28-5;/h6-12H,13H2,1-5H3,(H,25,26)(H3,22,23,24);1H. The second kappa shape index (κ2) is 10.9. The molecule has 0 saturated heterocycles. The van der Waals surface area contributed by atoms with Crippen LogP contribution < -0.4 is 25.8 Å². The minimum Gasteiger partial charge on any atom is -0.497 e. The number of hydrogen-bond donors (Lipinski definition) is 3. The van der Waals surface area contributed by atoms with Gasteiger partial charge in [-0.3, -0.25) is 4.79 Å². The molecule has 0 radical (unpaired) electrons. The lowest BCUT2D eigenvalue weighted by Gasteiger charge is -2.20. The molecule has 0 aliphatic heterocycles.